The number of hydrogen-bond acceptors (Lipinski definition) is 5. The number of esters is 1. The molecule has 2 atom stereocenters. The maximum absolute atomic E-state index is 12.4. The number of carbonyl (C=O) groups excluding carboxylic acids is 2. The van der Waals surface area contributed by atoms with Gasteiger partial charge in [0.2, 0.25) is 5.91 Å². The van der Waals surface area contributed by atoms with E-state index in [1.807, 2.05) is 6.08 Å². The second kappa shape index (κ2) is 54.7. The van der Waals surface area contributed by atoms with Crippen LogP contribution in [0, 0.1) is 0 Å². The molecule has 0 aromatic carbocycles. The quantitative estimate of drug-likeness (QED) is 0.0321. The average Bonchev–Trinajstić information content (AvgIpc) is 3.31. The number of ether oxygens (including phenoxy) is 1. The second-order valence-corrected chi connectivity index (χ2v) is 19.6. The van der Waals surface area contributed by atoms with Crippen molar-refractivity contribution in [2.24, 2.45) is 0 Å². The van der Waals surface area contributed by atoms with Gasteiger partial charge in [-0.05, 0) is 64.2 Å². The van der Waals surface area contributed by atoms with E-state index in [0.29, 0.717) is 19.4 Å². The molecule has 0 spiro atoms. The SMILES string of the molecule is CCCCC/C=C\C/C=C\CCCCCCCCCCCC(=O)OCCCCCCCCCCCCCCCCCC(=O)NC(CO)C(O)/C=C/CCCCCCCCCCCCCC. The smallest absolute Gasteiger partial charge is 0.305 e. The maximum atomic E-state index is 12.4. The highest BCUT2D eigenvalue weighted by atomic mass is 16.5. The molecule has 3 N–H and O–H groups in total. The first kappa shape index (κ1) is 63.1. The van der Waals surface area contributed by atoms with Crippen molar-refractivity contribution < 1.29 is 24.5 Å². The Hall–Kier alpha value is -1.92. The summed E-state index contributed by atoms with van der Waals surface area (Å²) in [5.74, 6) is -0.0808. The van der Waals surface area contributed by atoms with E-state index in [9.17, 15) is 19.8 Å². The molecule has 0 fully saturated rings. The van der Waals surface area contributed by atoms with Crippen molar-refractivity contribution in [3.63, 3.8) is 0 Å². The summed E-state index contributed by atoms with van der Waals surface area (Å²) < 4.78 is 5.48. The van der Waals surface area contributed by atoms with Crippen LogP contribution in [-0.4, -0.2) is 47.4 Å². The number of aliphatic hydroxyl groups excluding tert-OH is 2. The third-order valence-electron chi connectivity index (χ3n) is 13.2. The van der Waals surface area contributed by atoms with Crippen molar-refractivity contribution in [1.29, 1.82) is 0 Å². The minimum Gasteiger partial charge on any atom is -0.466 e. The van der Waals surface area contributed by atoms with Crippen LogP contribution in [0.3, 0.4) is 0 Å². The van der Waals surface area contributed by atoms with Crippen molar-refractivity contribution in [2.45, 2.75) is 315 Å². The molecule has 6 heteroatoms. The topological polar surface area (TPSA) is 95.9 Å². The molecule has 0 radical (unpaired) electrons. The molecule has 0 bridgehead atoms. The minimum absolute atomic E-state index is 0.00439. The summed E-state index contributed by atoms with van der Waals surface area (Å²) >= 11 is 0. The highest BCUT2D eigenvalue weighted by Crippen LogP contribution is 2.16. The molecule has 0 aliphatic rings. The summed E-state index contributed by atoms with van der Waals surface area (Å²) in [4.78, 5) is 24.5. The minimum atomic E-state index is -0.850. The van der Waals surface area contributed by atoms with Gasteiger partial charge in [-0.1, -0.05) is 262 Å². The molecule has 65 heavy (non-hydrogen) atoms. The predicted molar refractivity (Wildman–Crippen MR) is 283 cm³/mol. The molecule has 382 valence electrons. The monoisotopic (exact) mass is 914 g/mol. The van der Waals surface area contributed by atoms with Crippen LogP contribution in [0.4, 0.5) is 0 Å². The molecule has 0 aromatic rings. The Morgan fingerprint density at radius 1 is 0.431 bits per heavy atom. The fourth-order valence-electron chi connectivity index (χ4n) is 8.72. The number of carbonyl (C=O) groups is 2. The van der Waals surface area contributed by atoms with E-state index in [1.165, 1.54) is 212 Å². The molecule has 0 saturated heterocycles. The number of rotatable bonds is 53. The molecule has 0 aliphatic carbocycles. The fourth-order valence-corrected chi connectivity index (χ4v) is 8.72. The summed E-state index contributed by atoms with van der Waals surface area (Å²) in [5, 5.41) is 23.1. The van der Waals surface area contributed by atoms with Gasteiger partial charge in [-0.2, -0.15) is 0 Å². The highest BCUT2D eigenvalue weighted by Gasteiger charge is 2.18. The van der Waals surface area contributed by atoms with Gasteiger partial charge in [0, 0.05) is 12.8 Å². The van der Waals surface area contributed by atoms with Crippen molar-refractivity contribution >= 4 is 11.9 Å². The van der Waals surface area contributed by atoms with Gasteiger partial charge >= 0.3 is 5.97 Å². The molecule has 2 unspecified atom stereocenters. The number of amides is 1. The van der Waals surface area contributed by atoms with Crippen LogP contribution in [0.5, 0.6) is 0 Å². The van der Waals surface area contributed by atoms with Gasteiger partial charge in [0.1, 0.15) is 0 Å². The molecule has 0 aromatic heterocycles. The highest BCUT2D eigenvalue weighted by molar-refractivity contribution is 5.76. The zero-order chi connectivity index (χ0) is 47.2. The van der Waals surface area contributed by atoms with Crippen LogP contribution >= 0.6 is 0 Å². The van der Waals surface area contributed by atoms with Gasteiger partial charge in [0.05, 0.1) is 25.4 Å². The Balaban J connectivity index is 3.44. The lowest BCUT2D eigenvalue weighted by atomic mass is 10.0. The van der Waals surface area contributed by atoms with Crippen molar-refractivity contribution in [1.82, 2.24) is 5.32 Å². The molecular formula is C59H111NO5. The number of nitrogens with one attached hydrogen (secondary N) is 1. The average molecular weight is 915 g/mol. The first-order chi connectivity index (χ1) is 32.0. The largest absolute Gasteiger partial charge is 0.466 e. The first-order valence-corrected chi connectivity index (χ1v) is 28.8. The van der Waals surface area contributed by atoms with Crippen LogP contribution in [0.1, 0.15) is 303 Å². The van der Waals surface area contributed by atoms with Crippen molar-refractivity contribution in [2.75, 3.05) is 13.2 Å². The zero-order valence-corrected chi connectivity index (χ0v) is 43.5. The molecular weight excluding hydrogens is 803 g/mol. The van der Waals surface area contributed by atoms with E-state index in [2.05, 4.69) is 43.5 Å². The van der Waals surface area contributed by atoms with E-state index in [0.717, 1.165) is 64.2 Å². The summed E-state index contributed by atoms with van der Waals surface area (Å²) in [5.41, 5.74) is 0. The van der Waals surface area contributed by atoms with E-state index in [1.54, 1.807) is 6.08 Å². The second-order valence-electron chi connectivity index (χ2n) is 19.6. The van der Waals surface area contributed by atoms with Crippen LogP contribution < -0.4 is 5.32 Å². The van der Waals surface area contributed by atoms with E-state index >= 15 is 0 Å². The fraction of sp³-hybridized carbons (Fsp3) is 0.864. The van der Waals surface area contributed by atoms with Gasteiger partial charge in [-0.3, -0.25) is 9.59 Å². The number of aliphatic hydroxyl groups is 2. The zero-order valence-electron chi connectivity index (χ0n) is 43.5. The molecule has 0 heterocycles. The number of unbranched alkanes of at least 4 members (excludes halogenated alkanes) is 38. The lowest BCUT2D eigenvalue weighted by Crippen LogP contribution is -2.45. The summed E-state index contributed by atoms with van der Waals surface area (Å²) in [6, 6.07) is -0.634. The van der Waals surface area contributed by atoms with E-state index in [-0.39, 0.29) is 18.5 Å². The number of allylic oxidation sites excluding steroid dienone is 5. The standard InChI is InChI=1S/C59H111NO5/c1-3-5-7-9-11-13-15-17-19-20-21-22-25-29-33-37-41-45-49-53-59(64)65-54-50-46-42-38-34-30-26-23-24-28-32-36-40-44-48-52-58(63)60-56(55-61)57(62)51-47-43-39-35-31-27-18-16-14-12-10-8-6-4-2/h11,13,17,19,47,51,56-57,61-62H,3-10,12,14-16,18,20-46,48-50,52-55H2,1-2H3,(H,60,63)/b13-11-,19-17-,51-47+. The molecule has 0 aliphatic heterocycles. The summed E-state index contributed by atoms with van der Waals surface area (Å²) in [6.07, 6.45) is 67.3. The van der Waals surface area contributed by atoms with E-state index in [4.69, 9.17) is 4.74 Å². The van der Waals surface area contributed by atoms with E-state index < -0.39 is 12.1 Å². The Morgan fingerprint density at radius 2 is 0.769 bits per heavy atom. The lowest BCUT2D eigenvalue weighted by Gasteiger charge is -2.20. The Bertz CT molecular complexity index is 1060. The van der Waals surface area contributed by atoms with Crippen LogP contribution in [0.25, 0.3) is 0 Å². The summed E-state index contributed by atoms with van der Waals surface area (Å²) in [6.45, 7) is 4.86. The van der Waals surface area contributed by atoms with Gasteiger partial charge in [-0.25, -0.2) is 0 Å². The Kier molecular flexibility index (Phi) is 53.1. The van der Waals surface area contributed by atoms with Gasteiger partial charge in [0.15, 0.2) is 0 Å². The first-order valence-electron chi connectivity index (χ1n) is 28.8. The van der Waals surface area contributed by atoms with Crippen molar-refractivity contribution in [3.05, 3.63) is 36.5 Å². The molecule has 0 rings (SSSR count). The normalized spacial score (nSPS) is 12.9. The van der Waals surface area contributed by atoms with Crippen LogP contribution in [0.2, 0.25) is 0 Å². The third-order valence-corrected chi connectivity index (χ3v) is 13.2. The van der Waals surface area contributed by atoms with Gasteiger partial charge in [-0.15, -0.1) is 0 Å². The molecule has 6 nitrogen and oxygen atoms in total. The van der Waals surface area contributed by atoms with Gasteiger partial charge < -0.3 is 20.3 Å². The van der Waals surface area contributed by atoms with Crippen LogP contribution in [0.15, 0.2) is 36.5 Å². The molecule has 1 amide bonds. The third kappa shape index (κ3) is 51.3. The van der Waals surface area contributed by atoms with Crippen LogP contribution in [-0.2, 0) is 14.3 Å². The number of hydrogen-bond donors (Lipinski definition) is 3. The molecule has 0 saturated carbocycles. The maximum Gasteiger partial charge on any atom is 0.305 e. The Labute approximate surface area is 404 Å². The van der Waals surface area contributed by atoms with Gasteiger partial charge in [0.25, 0.3) is 0 Å². The Morgan fingerprint density at radius 3 is 1.20 bits per heavy atom. The summed E-state index contributed by atoms with van der Waals surface area (Å²) in [7, 11) is 0. The van der Waals surface area contributed by atoms with Crippen molar-refractivity contribution in [3.8, 4) is 0 Å². The predicted octanol–water partition coefficient (Wildman–Crippen LogP) is 17.6. The lowest BCUT2D eigenvalue weighted by molar-refractivity contribution is -0.143.